The van der Waals surface area contributed by atoms with Gasteiger partial charge in [-0.2, -0.15) is 0 Å². The van der Waals surface area contributed by atoms with Gasteiger partial charge in [0, 0.05) is 13.1 Å². The van der Waals surface area contributed by atoms with E-state index in [0.29, 0.717) is 6.54 Å². The highest BCUT2D eigenvalue weighted by Gasteiger charge is 2.07. The lowest BCUT2D eigenvalue weighted by Crippen LogP contribution is -2.35. The van der Waals surface area contributed by atoms with Gasteiger partial charge in [0.1, 0.15) is 10.8 Å². The molecular formula is C12H19ClN4O. The van der Waals surface area contributed by atoms with Gasteiger partial charge in [0.2, 0.25) is 0 Å². The number of hydrogen-bond acceptors (Lipinski definition) is 4. The summed E-state index contributed by atoms with van der Waals surface area (Å²) in [6.45, 7) is 7.75. The smallest absolute Gasteiger partial charge is 0.271 e. The summed E-state index contributed by atoms with van der Waals surface area (Å²) < 4.78 is 0. The lowest BCUT2D eigenvalue weighted by Gasteiger charge is -2.19. The average Bonchev–Trinajstić information content (AvgIpc) is 2.38. The largest absolute Gasteiger partial charge is 0.349 e. The Bertz CT molecular complexity index is 369. The molecular weight excluding hydrogens is 252 g/mol. The van der Waals surface area contributed by atoms with Crippen LogP contribution in [0, 0.1) is 0 Å². The fourth-order valence-electron chi connectivity index (χ4n) is 1.59. The first-order valence-corrected chi connectivity index (χ1v) is 6.53. The quantitative estimate of drug-likeness (QED) is 0.818. The Kier molecular flexibility index (Phi) is 6.60. The summed E-state index contributed by atoms with van der Waals surface area (Å²) in [5, 5.41) is 3.10. The summed E-state index contributed by atoms with van der Waals surface area (Å²) in [6.07, 6.45) is 3.86. The van der Waals surface area contributed by atoms with Crippen LogP contribution < -0.4 is 5.32 Å². The van der Waals surface area contributed by atoms with E-state index in [1.54, 1.807) is 0 Å². The molecule has 1 heterocycles. The van der Waals surface area contributed by atoms with E-state index in [1.807, 2.05) is 0 Å². The molecule has 1 amide bonds. The van der Waals surface area contributed by atoms with Crippen molar-refractivity contribution in [3.8, 4) is 0 Å². The molecule has 0 radical (unpaired) electrons. The molecule has 0 aromatic carbocycles. The van der Waals surface area contributed by atoms with Crippen molar-refractivity contribution in [3.05, 3.63) is 23.2 Å². The molecule has 1 aromatic rings. The highest BCUT2D eigenvalue weighted by Crippen LogP contribution is 2.00. The third kappa shape index (κ3) is 4.98. The van der Waals surface area contributed by atoms with Crippen molar-refractivity contribution >= 4 is 17.5 Å². The fourth-order valence-corrected chi connectivity index (χ4v) is 1.69. The van der Waals surface area contributed by atoms with Crippen LogP contribution >= 0.6 is 11.6 Å². The van der Waals surface area contributed by atoms with Gasteiger partial charge in [0.25, 0.3) is 5.91 Å². The van der Waals surface area contributed by atoms with E-state index in [9.17, 15) is 4.79 Å². The van der Waals surface area contributed by atoms with Gasteiger partial charge >= 0.3 is 0 Å². The highest BCUT2D eigenvalue weighted by atomic mass is 35.5. The molecule has 0 aliphatic rings. The Morgan fingerprint density at radius 2 is 2.11 bits per heavy atom. The predicted octanol–water partition coefficient (Wildman–Crippen LogP) is 1.59. The maximum atomic E-state index is 11.7. The number of hydrogen-bond donors (Lipinski definition) is 1. The van der Waals surface area contributed by atoms with Crippen molar-refractivity contribution in [2.45, 2.75) is 20.3 Å². The number of carbonyl (C=O) groups is 1. The number of likely N-dealkylation sites (N-methyl/N-ethyl adjacent to an activating group) is 1. The van der Waals surface area contributed by atoms with E-state index >= 15 is 0 Å². The molecule has 0 saturated heterocycles. The summed E-state index contributed by atoms with van der Waals surface area (Å²) >= 11 is 5.60. The van der Waals surface area contributed by atoms with Crippen LogP contribution in [-0.4, -0.2) is 47.0 Å². The number of nitrogens with one attached hydrogen (secondary N) is 1. The van der Waals surface area contributed by atoms with Gasteiger partial charge < -0.3 is 10.2 Å². The van der Waals surface area contributed by atoms with E-state index < -0.39 is 0 Å². The minimum Gasteiger partial charge on any atom is -0.349 e. The first-order valence-electron chi connectivity index (χ1n) is 6.15. The molecule has 1 N–H and O–H groups in total. The van der Waals surface area contributed by atoms with Gasteiger partial charge in [-0.3, -0.25) is 4.79 Å². The highest BCUT2D eigenvalue weighted by molar-refractivity contribution is 6.29. The Morgan fingerprint density at radius 1 is 1.33 bits per heavy atom. The van der Waals surface area contributed by atoms with Crippen molar-refractivity contribution in [1.29, 1.82) is 0 Å². The molecule has 1 rings (SSSR count). The van der Waals surface area contributed by atoms with Gasteiger partial charge in [0.05, 0.1) is 12.4 Å². The van der Waals surface area contributed by atoms with Crippen LogP contribution in [0.15, 0.2) is 12.4 Å². The zero-order valence-electron chi connectivity index (χ0n) is 10.8. The number of halogens is 1. The second-order valence-corrected chi connectivity index (χ2v) is 4.30. The fraction of sp³-hybridized carbons (Fsp3) is 0.583. The third-order valence-corrected chi connectivity index (χ3v) is 2.75. The molecule has 18 heavy (non-hydrogen) atoms. The van der Waals surface area contributed by atoms with Crippen molar-refractivity contribution in [1.82, 2.24) is 20.2 Å². The van der Waals surface area contributed by atoms with E-state index in [4.69, 9.17) is 11.6 Å². The van der Waals surface area contributed by atoms with E-state index in [1.165, 1.54) is 12.4 Å². The Hall–Kier alpha value is -1.20. The predicted molar refractivity (Wildman–Crippen MR) is 71.8 cm³/mol. The summed E-state index contributed by atoms with van der Waals surface area (Å²) in [6, 6.07) is 0. The SMILES string of the molecule is CCCN(CC)CCNC(=O)c1cnc(Cl)cn1. The third-order valence-electron chi connectivity index (χ3n) is 2.55. The zero-order valence-corrected chi connectivity index (χ0v) is 11.6. The first-order chi connectivity index (χ1) is 8.67. The van der Waals surface area contributed by atoms with Crippen LogP contribution in [0.3, 0.4) is 0 Å². The number of amides is 1. The molecule has 1 aromatic heterocycles. The monoisotopic (exact) mass is 270 g/mol. The molecule has 0 saturated carbocycles. The van der Waals surface area contributed by atoms with Gasteiger partial charge in [-0.1, -0.05) is 25.4 Å². The molecule has 0 bridgehead atoms. The minimum absolute atomic E-state index is 0.216. The van der Waals surface area contributed by atoms with Crippen LogP contribution in [0.2, 0.25) is 5.15 Å². The Labute approximate surface area is 113 Å². The normalized spacial score (nSPS) is 10.7. The maximum Gasteiger partial charge on any atom is 0.271 e. The molecule has 0 atom stereocenters. The summed E-state index contributed by atoms with van der Waals surface area (Å²) in [5.74, 6) is -0.216. The zero-order chi connectivity index (χ0) is 13.4. The van der Waals surface area contributed by atoms with Crippen molar-refractivity contribution in [3.63, 3.8) is 0 Å². The second kappa shape index (κ2) is 8.00. The number of nitrogens with zero attached hydrogens (tertiary/aromatic N) is 3. The van der Waals surface area contributed by atoms with E-state index in [2.05, 4.69) is 34.0 Å². The Balaban J connectivity index is 2.35. The van der Waals surface area contributed by atoms with Gasteiger partial charge in [0.15, 0.2) is 0 Å². The molecule has 0 unspecified atom stereocenters. The van der Waals surface area contributed by atoms with E-state index in [0.717, 1.165) is 26.1 Å². The van der Waals surface area contributed by atoms with E-state index in [-0.39, 0.29) is 16.8 Å². The number of carbonyl (C=O) groups excluding carboxylic acids is 1. The minimum atomic E-state index is -0.216. The van der Waals surface area contributed by atoms with Crippen LogP contribution in [0.4, 0.5) is 0 Å². The average molecular weight is 271 g/mol. The van der Waals surface area contributed by atoms with Crippen LogP contribution in [0.5, 0.6) is 0 Å². The summed E-state index contributed by atoms with van der Waals surface area (Å²) in [7, 11) is 0. The number of aromatic nitrogens is 2. The van der Waals surface area contributed by atoms with Crippen molar-refractivity contribution < 1.29 is 4.79 Å². The number of rotatable bonds is 7. The summed E-state index contributed by atoms with van der Waals surface area (Å²) in [5.41, 5.74) is 0.290. The lowest BCUT2D eigenvalue weighted by atomic mass is 10.4. The first kappa shape index (κ1) is 14.9. The molecule has 0 aliphatic heterocycles. The van der Waals surface area contributed by atoms with Gasteiger partial charge in [-0.15, -0.1) is 0 Å². The molecule has 5 nitrogen and oxygen atoms in total. The van der Waals surface area contributed by atoms with Crippen LogP contribution in [0.25, 0.3) is 0 Å². The van der Waals surface area contributed by atoms with Crippen LogP contribution in [-0.2, 0) is 0 Å². The van der Waals surface area contributed by atoms with Gasteiger partial charge in [-0.05, 0) is 19.5 Å². The van der Waals surface area contributed by atoms with Crippen molar-refractivity contribution in [2.75, 3.05) is 26.2 Å². The molecule has 0 fully saturated rings. The summed E-state index contributed by atoms with van der Waals surface area (Å²) in [4.78, 5) is 21.7. The molecule has 0 aliphatic carbocycles. The van der Waals surface area contributed by atoms with Crippen LogP contribution in [0.1, 0.15) is 30.8 Å². The molecule has 100 valence electrons. The van der Waals surface area contributed by atoms with Gasteiger partial charge in [-0.25, -0.2) is 9.97 Å². The second-order valence-electron chi connectivity index (χ2n) is 3.91. The lowest BCUT2D eigenvalue weighted by molar-refractivity contribution is 0.0943. The molecule has 6 heteroatoms. The van der Waals surface area contributed by atoms with Crippen molar-refractivity contribution in [2.24, 2.45) is 0 Å². The standard InChI is InChI=1S/C12H19ClN4O/c1-3-6-17(4-2)7-5-14-12(18)10-8-16-11(13)9-15-10/h8-9H,3-7H2,1-2H3,(H,14,18). The maximum absolute atomic E-state index is 11.7. The molecule has 0 spiro atoms. The topological polar surface area (TPSA) is 58.1 Å². The Morgan fingerprint density at radius 3 is 2.67 bits per heavy atom.